The number of aromatic amines is 1. The molecule has 478 valence electrons. The Kier molecular flexibility index (Phi) is 29.3. The molecule has 31 heteroatoms. The molecule has 0 spiro atoms. The second-order valence-electron chi connectivity index (χ2n) is 21.9. The summed E-state index contributed by atoms with van der Waals surface area (Å²) in [7, 11) is 0. The number of H-pyrrole nitrogens is 1. The van der Waals surface area contributed by atoms with Crippen molar-refractivity contribution < 1.29 is 78.0 Å². The molecule has 2 aromatic rings. The summed E-state index contributed by atoms with van der Waals surface area (Å²) in [6.45, 7) is 8.53. The van der Waals surface area contributed by atoms with Gasteiger partial charge in [-0.3, -0.25) is 57.7 Å². The van der Waals surface area contributed by atoms with Gasteiger partial charge in [0.25, 0.3) is 0 Å². The van der Waals surface area contributed by atoms with E-state index in [1.165, 1.54) is 4.90 Å². The largest absolute Gasteiger partial charge is 0.481 e. The van der Waals surface area contributed by atoms with Crippen LogP contribution in [-0.2, 0) is 64.0 Å². The number of likely N-dealkylation sites (tertiary alicyclic amines) is 1. The fourth-order valence-electron chi connectivity index (χ4n) is 9.42. The maximum absolute atomic E-state index is 14.6. The number of hydrogen-bond donors (Lipinski definition) is 17. The number of nitrogens with two attached hydrogens (primary N) is 4. The molecule has 0 aliphatic carbocycles. The molecule has 1 aliphatic rings. The zero-order valence-electron chi connectivity index (χ0n) is 49.4. The smallest absolute Gasteiger partial charge is 0.328 e. The maximum Gasteiger partial charge on any atom is 0.328 e. The molecule has 0 radical (unpaired) electrons. The van der Waals surface area contributed by atoms with E-state index in [0.717, 1.165) is 0 Å². The number of benzene rings is 1. The van der Waals surface area contributed by atoms with Gasteiger partial charge in [-0.2, -0.15) is 0 Å². The molecule has 0 unspecified atom stereocenters. The van der Waals surface area contributed by atoms with Crippen LogP contribution in [0.15, 0.2) is 35.5 Å². The first-order chi connectivity index (χ1) is 40.6. The number of fused-ring (bicyclic) bond motifs is 1. The fourth-order valence-corrected chi connectivity index (χ4v) is 9.42. The summed E-state index contributed by atoms with van der Waals surface area (Å²) in [6.07, 6.45) is 0.207. The van der Waals surface area contributed by atoms with Crippen molar-refractivity contribution in [2.75, 3.05) is 26.3 Å². The van der Waals surface area contributed by atoms with Crippen LogP contribution in [0.1, 0.15) is 111 Å². The summed E-state index contributed by atoms with van der Waals surface area (Å²) in [6, 6.07) is -7.81. The first-order valence-corrected chi connectivity index (χ1v) is 28.6. The fraction of sp³-hybridized carbons (Fsp3) is 0.618. The Morgan fingerprint density at radius 2 is 1.21 bits per heavy atom. The maximum atomic E-state index is 14.6. The number of amides is 10. The number of primary amides is 1. The Labute approximate surface area is 497 Å². The van der Waals surface area contributed by atoms with Gasteiger partial charge in [0.05, 0.1) is 19.6 Å². The molecular weight excluding hydrogens is 1130 g/mol. The molecular formula is C55H87N15O16. The van der Waals surface area contributed by atoms with Crippen molar-refractivity contribution >= 4 is 87.9 Å². The number of nitrogens with one attached hydrogen (secondary N) is 9. The van der Waals surface area contributed by atoms with E-state index >= 15 is 0 Å². The number of carbonyl (C=O) groups is 12. The van der Waals surface area contributed by atoms with Crippen molar-refractivity contribution in [3.8, 4) is 0 Å². The van der Waals surface area contributed by atoms with Crippen molar-refractivity contribution in [1.29, 1.82) is 0 Å². The highest BCUT2D eigenvalue weighted by Crippen LogP contribution is 2.24. The number of para-hydroxylation sites is 1. The summed E-state index contributed by atoms with van der Waals surface area (Å²) in [5.74, 6) is -14.1. The summed E-state index contributed by atoms with van der Waals surface area (Å²) in [5.41, 5.74) is 23.5. The number of aliphatic hydroxyl groups excluding tert-OH is 2. The Bertz CT molecular complexity index is 2740. The predicted molar refractivity (Wildman–Crippen MR) is 311 cm³/mol. The van der Waals surface area contributed by atoms with Crippen molar-refractivity contribution in [2.45, 2.75) is 173 Å². The molecule has 0 bridgehead atoms. The lowest BCUT2D eigenvalue weighted by atomic mass is 9.97. The third-order valence-corrected chi connectivity index (χ3v) is 14.7. The van der Waals surface area contributed by atoms with Crippen LogP contribution in [0.25, 0.3) is 10.9 Å². The zero-order chi connectivity index (χ0) is 64.5. The van der Waals surface area contributed by atoms with E-state index in [-0.39, 0.29) is 63.5 Å². The molecule has 1 aromatic carbocycles. The number of carboxylic acids is 2. The number of aliphatic carboxylic acids is 2. The molecule has 2 heterocycles. The van der Waals surface area contributed by atoms with Crippen molar-refractivity contribution in [3.05, 3.63) is 36.0 Å². The molecule has 3 rings (SSSR count). The van der Waals surface area contributed by atoms with E-state index in [2.05, 4.69) is 52.5 Å². The second kappa shape index (κ2) is 35.1. The van der Waals surface area contributed by atoms with Gasteiger partial charge in [0.2, 0.25) is 59.1 Å². The normalized spacial score (nSPS) is 16.9. The average Bonchev–Trinajstić information content (AvgIpc) is 4.20. The van der Waals surface area contributed by atoms with E-state index in [9.17, 15) is 78.0 Å². The Hall–Kier alpha value is -8.45. The molecule has 0 saturated carbocycles. The van der Waals surface area contributed by atoms with Gasteiger partial charge < -0.3 is 95.8 Å². The SMILES string of the molecule is CC[C@H](C)[C@H](NC(=O)[C@H](CCCN=C(N)N)NC(=O)[C@H](CCC(=O)O)NC(=O)[C@H](CC(C)C)NC(=O)[C@H](CC(N)=O)NC(=O)[C@H](Cc1c[nH]c2ccccc12)NC(=O)[C@@H]1CCCN1C(=O)[C@@H](NC(=O)[C@@H](N)CO)[C@@H](C)CC)C(=O)N[C@@H](CO)C(=O)O. The molecule has 10 amide bonds. The quantitative estimate of drug-likeness (QED) is 0.0174. The van der Waals surface area contributed by atoms with Gasteiger partial charge >= 0.3 is 11.9 Å². The molecule has 1 aliphatic heterocycles. The molecule has 86 heavy (non-hydrogen) atoms. The summed E-state index contributed by atoms with van der Waals surface area (Å²) in [4.78, 5) is 171. The molecule has 21 N–H and O–H groups in total. The molecule has 1 aromatic heterocycles. The predicted octanol–water partition coefficient (Wildman–Crippen LogP) is -4.09. The number of guanidine groups is 1. The molecule has 1 saturated heterocycles. The summed E-state index contributed by atoms with van der Waals surface area (Å²) < 4.78 is 0. The van der Waals surface area contributed by atoms with Gasteiger partial charge in [-0.1, -0.05) is 72.6 Å². The van der Waals surface area contributed by atoms with Crippen LogP contribution in [0.3, 0.4) is 0 Å². The number of aromatic nitrogens is 1. The van der Waals surface area contributed by atoms with E-state index in [1.54, 1.807) is 72.0 Å². The van der Waals surface area contributed by atoms with Gasteiger partial charge in [0.1, 0.15) is 60.4 Å². The Morgan fingerprint density at radius 1 is 0.663 bits per heavy atom. The van der Waals surface area contributed by atoms with Crippen molar-refractivity contribution in [1.82, 2.24) is 52.4 Å². The number of rotatable bonds is 37. The van der Waals surface area contributed by atoms with E-state index in [0.29, 0.717) is 29.3 Å². The van der Waals surface area contributed by atoms with E-state index in [1.807, 2.05) is 0 Å². The highest BCUT2D eigenvalue weighted by molar-refractivity contribution is 6.00. The van der Waals surface area contributed by atoms with Crippen LogP contribution < -0.4 is 65.5 Å². The standard InChI is InChI=1S/C55H87N15O16/c1-7-28(5)43(52(83)67-39(26-72)54(85)86)68-47(78)34(15-11-19-60-55(58)59)62-46(77)35(17-18-42(74)75)63-48(79)36(21-27(3)4)64-50(81)38(23-41(57)73)65-49(80)37(22-30-24-61-33-14-10-9-13-31(30)33)66-51(82)40-16-12-20-70(40)53(84)44(29(6)8-2)69-45(76)32(56)25-71/h9-10,13-14,24,27-29,32,34-40,43-44,61,71-72H,7-8,11-12,15-23,25-26,56H2,1-6H3,(H2,57,73)(H,62,77)(H,63,79)(H,64,81)(H,65,80)(H,66,82)(H,67,83)(H,68,78)(H,69,76)(H,74,75)(H,85,86)(H4,58,59,60)/t28-,29-,32-,34-,35-,36-,37-,38-,39-,40-,43-,44-/m0/s1. The van der Waals surface area contributed by atoms with E-state index < -0.39 is 176 Å². The highest BCUT2D eigenvalue weighted by atomic mass is 16.4. The minimum absolute atomic E-state index is 0.0421. The van der Waals surface area contributed by atoms with Gasteiger partial charge in [0.15, 0.2) is 5.96 Å². The van der Waals surface area contributed by atoms with Crippen LogP contribution in [-0.4, -0.2) is 194 Å². The van der Waals surface area contributed by atoms with Gasteiger partial charge in [0, 0.05) is 43.0 Å². The lowest BCUT2D eigenvalue weighted by Crippen LogP contribution is -2.61. The lowest BCUT2D eigenvalue weighted by molar-refractivity contribution is -0.144. The number of carbonyl (C=O) groups excluding carboxylic acids is 10. The first-order valence-electron chi connectivity index (χ1n) is 28.6. The Morgan fingerprint density at radius 3 is 1.79 bits per heavy atom. The minimum atomic E-state index is -1.82. The third kappa shape index (κ3) is 22.2. The number of aliphatic imine (C=N–C) groups is 1. The number of hydrogen-bond acceptors (Lipinski definition) is 16. The molecule has 12 atom stereocenters. The van der Waals surface area contributed by atoms with E-state index in [4.69, 9.17) is 22.9 Å². The Balaban J connectivity index is 1.99. The van der Waals surface area contributed by atoms with Gasteiger partial charge in [-0.15, -0.1) is 0 Å². The molecule has 1 fully saturated rings. The minimum Gasteiger partial charge on any atom is -0.481 e. The topological polar surface area (TPSA) is 517 Å². The number of nitrogens with zero attached hydrogens (tertiary/aromatic N) is 2. The van der Waals surface area contributed by atoms with Crippen LogP contribution >= 0.6 is 0 Å². The third-order valence-electron chi connectivity index (χ3n) is 14.7. The molecule has 31 nitrogen and oxygen atoms in total. The lowest BCUT2D eigenvalue weighted by Gasteiger charge is -2.32. The zero-order valence-corrected chi connectivity index (χ0v) is 49.4. The van der Waals surface area contributed by atoms with Gasteiger partial charge in [-0.05, 0) is 67.9 Å². The average molecular weight is 1210 g/mol. The highest BCUT2D eigenvalue weighted by Gasteiger charge is 2.42. The van der Waals surface area contributed by atoms with Gasteiger partial charge in [-0.25, -0.2) is 4.79 Å². The number of aliphatic hydroxyl groups is 2. The summed E-state index contributed by atoms with van der Waals surface area (Å²) in [5, 5.41) is 58.8. The van der Waals surface area contributed by atoms with Crippen LogP contribution in [0.2, 0.25) is 0 Å². The first kappa shape index (κ1) is 71.8. The summed E-state index contributed by atoms with van der Waals surface area (Å²) >= 11 is 0. The number of carboxylic acid groups (broad SMARTS) is 2. The van der Waals surface area contributed by atoms with Crippen LogP contribution in [0.4, 0.5) is 0 Å². The monoisotopic (exact) mass is 1210 g/mol. The van der Waals surface area contributed by atoms with Crippen LogP contribution in [0.5, 0.6) is 0 Å². The van der Waals surface area contributed by atoms with Crippen LogP contribution in [0, 0.1) is 17.8 Å². The van der Waals surface area contributed by atoms with Crippen molar-refractivity contribution in [2.24, 2.45) is 45.7 Å². The van der Waals surface area contributed by atoms with Crippen molar-refractivity contribution in [3.63, 3.8) is 0 Å². The second-order valence-corrected chi connectivity index (χ2v) is 21.9.